The summed E-state index contributed by atoms with van der Waals surface area (Å²) in [6.07, 6.45) is 1.73. The first-order valence-electron chi connectivity index (χ1n) is 6.97. The van der Waals surface area contributed by atoms with Crippen LogP contribution in [0.3, 0.4) is 0 Å². The molecule has 0 atom stereocenters. The Hall–Kier alpha value is -2.56. The molecule has 5 heteroatoms. The van der Waals surface area contributed by atoms with E-state index in [4.69, 9.17) is 0 Å². The molecule has 2 aromatic rings. The molecule has 1 aromatic carbocycles. The zero-order valence-electron chi connectivity index (χ0n) is 12.1. The Morgan fingerprint density at radius 1 is 1.05 bits per heavy atom. The standard InChI is InChI=1S/C16H20N4O/c1-13-6-2-3-7-14(13)12-20-16(21)19-11-10-18-15-8-4-5-9-17-15/h2-9H,10-12H2,1H3,(H,17,18)(H2,19,20,21). The molecule has 0 spiro atoms. The van der Waals surface area contributed by atoms with Gasteiger partial charge in [0, 0.05) is 25.8 Å². The molecule has 2 rings (SSSR count). The quantitative estimate of drug-likeness (QED) is 0.713. The van der Waals surface area contributed by atoms with Crippen LogP contribution in [-0.4, -0.2) is 24.1 Å². The van der Waals surface area contributed by atoms with Crippen LogP contribution in [0.4, 0.5) is 10.6 Å². The van der Waals surface area contributed by atoms with Crippen LogP contribution in [0.15, 0.2) is 48.7 Å². The van der Waals surface area contributed by atoms with Gasteiger partial charge in [-0.05, 0) is 30.2 Å². The molecule has 0 saturated carbocycles. The second-order valence-corrected chi connectivity index (χ2v) is 4.68. The molecule has 0 bridgehead atoms. The van der Waals surface area contributed by atoms with E-state index in [1.165, 1.54) is 5.56 Å². The highest BCUT2D eigenvalue weighted by atomic mass is 16.2. The van der Waals surface area contributed by atoms with Crippen molar-refractivity contribution in [2.75, 3.05) is 18.4 Å². The molecule has 1 heterocycles. The summed E-state index contributed by atoms with van der Waals surface area (Å²) >= 11 is 0. The summed E-state index contributed by atoms with van der Waals surface area (Å²) in [4.78, 5) is 15.8. The van der Waals surface area contributed by atoms with Crippen molar-refractivity contribution in [3.63, 3.8) is 0 Å². The number of aromatic nitrogens is 1. The summed E-state index contributed by atoms with van der Waals surface area (Å²) < 4.78 is 0. The third-order valence-electron chi connectivity index (χ3n) is 3.08. The lowest BCUT2D eigenvalue weighted by Gasteiger charge is -2.10. The molecule has 0 aliphatic carbocycles. The van der Waals surface area contributed by atoms with Crippen LogP contribution in [0.25, 0.3) is 0 Å². The Bertz CT molecular complexity index is 571. The van der Waals surface area contributed by atoms with Crippen LogP contribution < -0.4 is 16.0 Å². The van der Waals surface area contributed by atoms with Gasteiger partial charge in [-0.3, -0.25) is 0 Å². The third-order valence-corrected chi connectivity index (χ3v) is 3.08. The SMILES string of the molecule is Cc1ccccc1CNC(=O)NCCNc1ccccn1. The van der Waals surface area contributed by atoms with E-state index in [9.17, 15) is 4.79 Å². The summed E-state index contributed by atoms with van der Waals surface area (Å²) in [6, 6.07) is 13.5. The van der Waals surface area contributed by atoms with Crippen LogP contribution >= 0.6 is 0 Å². The van der Waals surface area contributed by atoms with Gasteiger partial charge in [-0.2, -0.15) is 0 Å². The largest absolute Gasteiger partial charge is 0.368 e. The number of amides is 2. The average molecular weight is 284 g/mol. The van der Waals surface area contributed by atoms with Gasteiger partial charge in [0.1, 0.15) is 5.82 Å². The molecule has 0 unspecified atom stereocenters. The fourth-order valence-corrected chi connectivity index (χ4v) is 1.88. The zero-order chi connectivity index (χ0) is 14.9. The summed E-state index contributed by atoms with van der Waals surface area (Å²) in [6.45, 7) is 3.74. The minimum Gasteiger partial charge on any atom is -0.368 e. The molecule has 2 amide bonds. The average Bonchev–Trinajstić information content (AvgIpc) is 2.52. The first kappa shape index (κ1) is 14.8. The van der Waals surface area contributed by atoms with Crippen LogP contribution in [0.1, 0.15) is 11.1 Å². The van der Waals surface area contributed by atoms with Gasteiger partial charge in [0.15, 0.2) is 0 Å². The first-order valence-corrected chi connectivity index (χ1v) is 6.97. The van der Waals surface area contributed by atoms with Crippen molar-refractivity contribution in [3.05, 3.63) is 59.8 Å². The highest BCUT2D eigenvalue weighted by Crippen LogP contribution is 2.05. The van der Waals surface area contributed by atoms with E-state index >= 15 is 0 Å². The van der Waals surface area contributed by atoms with Gasteiger partial charge in [-0.15, -0.1) is 0 Å². The molecule has 0 aliphatic heterocycles. The zero-order valence-corrected chi connectivity index (χ0v) is 12.1. The predicted octanol–water partition coefficient (Wildman–Crippen LogP) is 2.30. The molecular formula is C16H20N4O. The van der Waals surface area contributed by atoms with E-state index in [1.54, 1.807) is 6.20 Å². The van der Waals surface area contributed by atoms with E-state index in [-0.39, 0.29) is 6.03 Å². The van der Waals surface area contributed by atoms with Crippen molar-refractivity contribution < 1.29 is 4.79 Å². The Labute approximate surface area is 124 Å². The van der Waals surface area contributed by atoms with Crippen molar-refractivity contribution in [1.82, 2.24) is 15.6 Å². The summed E-state index contributed by atoms with van der Waals surface area (Å²) in [7, 11) is 0. The van der Waals surface area contributed by atoms with Crippen LogP contribution in [0, 0.1) is 6.92 Å². The number of hydrogen-bond donors (Lipinski definition) is 3. The lowest BCUT2D eigenvalue weighted by atomic mass is 10.1. The van der Waals surface area contributed by atoms with Crippen molar-refractivity contribution in [3.8, 4) is 0 Å². The number of hydrogen-bond acceptors (Lipinski definition) is 3. The van der Waals surface area contributed by atoms with E-state index in [1.807, 2.05) is 49.4 Å². The smallest absolute Gasteiger partial charge is 0.315 e. The summed E-state index contributed by atoms with van der Waals surface area (Å²) in [5.41, 5.74) is 2.30. The minimum atomic E-state index is -0.166. The second-order valence-electron chi connectivity index (χ2n) is 4.68. The second kappa shape index (κ2) is 7.89. The topological polar surface area (TPSA) is 66.1 Å². The number of aryl methyl sites for hydroxylation is 1. The van der Waals surface area contributed by atoms with E-state index in [2.05, 4.69) is 20.9 Å². The van der Waals surface area contributed by atoms with Gasteiger partial charge in [0.05, 0.1) is 0 Å². The maximum Gasteiger partial charge on any atom is 0.315 e. The lowest BCUT2D eigenvalue weighted by Crippen LogP contribution is -2.37. The van der Waals surface area contributed by atoms with E-state index in [0.717, 1.165) is 11.4 Å². The van der Waals surface area contributed by atoms with Crippen molar-refractivity contribution >= 4 is 11.8 Å². The number of carbonyl (C=O) groups excluding carboxylic acids is 1. The Morgan fingerprint density at radius 2 is 1.86 bits per heavy atom. The Morgan fingerprint density at radius 3 is 2.62 bits per heavy atom. The highest BCUT2D eigenvalue weighted by Gasteiger charge is 2.01. The van der Waals surface area contributed by atoms with Gasteiger partial charge < -0.3 is 16.0 Å². The highest BCUT2D eigenvalue weighted by molar-refractivity contribution is 5.73. The predicted molar refractivity (Wildman–Crippen MR) is 84.1 cm³/mol. The van der Waals surface area contributed by atoms with Crippen LogP contribution in [0.5, 0.6) is 0 Å². The van der Waals surface area contributed by atoms with E-state index in [0.29, 0.717) is 19.6 Å². The van der Waals surface area contributed by atoms with Gasteiger partial charge in [0.2, 0.25) is 0 Å². The number of benzene rings is 1. The van der Waals surface area contributed by atoms with Gasteiger partial charge in [-0.25, -0.2) is 9.78 Å². The number of urea groups is 1. The maximum atomic E-state index is 11.7. The molecule has 0 saturated heterocycles. The number of nitrogens with one attached hydrogen (secondary N) is 3. The molecule has 3 N–H and O–H groups in total. The fourth-order valence-electron chi connectivity index (χ4n) is 1.88. The molecule has 0 radical (unpaired) electrons. The number of pyridine rings is 1. The Balaban J connectivity index is 1.63. The van der Waals surface area contributed by atoms with Crippen LogP contribution in [0.2, 0.25) is 0 Å². The molecule has 0 fully saturated rings. The first-order chi connectivity index (χ1) is 10.3. The van der Waals surface area contributed by atoms with Crippen molar-refractivity contribution in [1.29, 1.82) is 0 Å². The van der Waals surface area contributed by atoms with Crippen molar-refractivity contribution in [2.24, 2.45) is 0 Å². The monoisotopic (exact) mass is 284 g/mol. The molecule has 5 nitrogen and oxygen atoms in total. The van der Waals surface area contributed by atoms with Crippen molar-refractivity contribution in [2.45, 2.75) is 13.5 Å². The molecule has 110 valence electrons. The van der Waals surface area contributed by atoms with E-state index < -0.39 is 0 Å². The number of nitrogens with zero attached hydrogens (tertiary/aromatic N) is 1. The van der Waals surface area contributed by atoms with Gasteiger partial charge >= 0.3 is 6.03 Å². The molecular weight excluding hydrogens is 264 g/mol. The summed E-state index contributed by atoms with van der Waals surface area (Å²) in [5, 5.41) is 8.78. The lowest BCUT2D eigenvalue weighted by molar-refractivity contribution is 0.241. The maximum absolute atomic E-state index is 11.7. The molecule has 1 aromatic heterocycles. The van der Waals surface area contributed by atoms with Gasteiger partial charge in [-0.1, -0.05) is 30.3 Å². The summed E-state index contributed by atoms with van der Waals surface area (Å²) in [5.74, 6) is 0.805. The normalized spacial score (nSPS) is 9.95. The van der Waals surface area contributed by atoms with Gasteiger partial charge in [0.25, 0.3) is 0 Å². The molecule has 21 heavy (non-hydrogen) atoms. The number of rotatable bonds is 6. The number of anilines is 1. The fraction of sp³-hybridized carbons (Fsp3) is 0.250. The number of carbonyl (C=O) groups is 1. The van der Waals surface area contributed by atoms with Crippen LogP contribution in [-0.2, 0) is 6.54 Å². The molecule has 0 aliphatic rings. The third kappa shape index (κ3) is 5.14. The Kier molecular flexibility index (Phi) is 5.58. The minimum absolute atomic E-state index is 0.166.